The van der Waals surface area contributed by atoms with Crippen molar-refractivity contribution in [2.24, 2.45) is 11.3 Å². The van der Waals surface area contributed by atoms with Gasteiger partial charge in [-0.2, -0.15) is 0 Å². The van der Waals surface area contributed by atoms with Crippen LogP contribution >= 0.6 is 0 Å². The molecule has 20 heavy (non-hydrogen) atoms. The van der Waals surface area contributed by atoms with Crippen molar-refractivity contribution >= 4 is 5.91 Å². The van der Waals surface area contributed by atoms with Crippen LogP contribution in [0.25, 0.3) is 0 Å². The molecule has 0 radical (unpaired) electrons. The maximum Gasteiger partial charge on any atom is 0.226 e. The van der Waals surface area contributed by atoms with E-state index in [2.05, 4.69) is 24.5 Å². The van der Waals surface area contributed by atoms with Gasteiger partial charge >= 0.3 is 0 Å². The molecule has 1 heterocycles. The van der Waals surface area contributed by atoms with Crippen LogP contribution in [0.5, 0.6) is 0 Å². The number of carbonyl (C=O) groups is 1. The van der Waals surface area contributed by atoms with Crippen LogP contribution in [0, 0.1) is 11.3 Å². The van der Waals surface area contributed by atoms with E-state index in [1.165, 1.54) is 32.1 Å². The van der Waals surface area contributed by atoms with Crippen molar-refractivity contribution < 1.29 is 4.79 Å². The molecular formula is C17H32N2O. The molecule has 0 aromatic heterocycles. The molecule has 1 aliphatic carbocycles. The van der Waals surface area contributed by atoms with Crippen LogP contribution in [0.1, 0.15) is 71.6 Å². The van der Waals surface area contributed by atoms with Crippen molar-refractivity contribution in [2.45, 2.75) is 77.7 Å². The number of carbonyl (C=O) groups excluding carboxylic acids is 1. The Hall–Kier alpha value is -0.570. The van der Waals surface area contributed by atoms with Crippen LogP contribution in [0.3, 0.4) is 0 Å². The molecule has 1 amide bonds. The number of hydrogen-bond donors (Lipinski definition) is 2. The van der Waals surface area contributed by atoms with Crippen molar-refractivity contribution in [1.82, 2.24) is 10.6 Å². The molecule has 0 aromatic rings. The standard InChI is InChI=1S/C17H32N2O/c1-3-8-17(9-11-18-12-10-17)16(20)19-15-7-5-6-14(4-2)13-15/h14-15,18H,3-13H2,1-2H3,(H,19,20). The normalized spacial score (nSPS) is 29.9. The zero-order valence-corrected chi connectivity index (χ0v) is 13.3. The molecule has 1 aliphatic heterocycles. The second-order valence-corrected chi connectivity index (χ2v) is 6.89. The fourth-order valence-electron chi connectivity index (χ4n) is 4.11. The van der Waals surface area contributed by atoms with Gasteiger partial charge in [0.15, 0.2) is 0 Å². The van der Waals surface area contributed by atoms with Crippen molar-refractivity contribution in [2.75, 3.05) is 13.1 Å². The van der Waals surface area contributed by atoms with Gasteiger partial charge in [-0.1, -0.05) is 39.5 Å². The first-order chi connectivity index (χ1) is 9.70. The lowest BCUT2D eigenvalue weighted by Gasteiger charge is -2.38. The average Bonchev–Trinajstić information content (AvgIpc) is 2.48. The van der Waals surface area contributed by atoms with E-state index < -0.39 is 0 Å². The van der Waals surface area contributed by atoms with Gasteiger partial charge in [-0.05, 0) is 51.1 Å². The van der Waals surface area contributed by atoms with E-state index in [1.54, 1.807) is 0 Å². The fourth-order valence-corrected chi connectivity index (χ4v) is 4.11. The van der Waals surface area contributed by atoms with E-state index in [0.717, 1.165) is 44.7 Å². The summed E-state index contributed by atoms with van der Waals surface area (Å²) >= 11 is 0. The summed E-state index contributed by atoms with van der Waals surface area (Å²) in [6.45, 7) is 6.47. The number of amides is 1. The second-order valence-electron chi connectivity index (χ2n) is 6.89. The highest BCUT2D eigenvalue weighted by atomic mass is 16.2. The maximum absolute atomic E-state index is 12.8. The highest BCUT2D eigenvalue weighted by Crippen LogP contribution is 2.35. The molecule has 2 rings (SSSR count). The molecule has 3 nitrogen and oxygen atoms in total. The third kappa shape index (κ3) is 3.75. The number of nitrogens with one attached hydrogen (secondary N) is 2. The Bertz CT molecular complexity index is 305. The van der Waals surface area contributed by atoms with Crippen molar-refractivity contribution in [3.05, 3.63) is 0 Å². The first-order valence-corrected chi connectivity index (χ1v) is 8.72. The molecule has 116 valence electrons. The summed E-state index contributed by atoms with van der Waals surface area (Å²) in [5, 5.41) is 6.80. The van der Waals surface area contributed by atoms with Gasteiger partial charge in [-0.3, -0.25) is 4.79 Å². The van der Waals surface area contributed by atoms with Crippen molar-refractivity contribution in [3.8, 4) is 0 Å². The topological polar surface area (TPSA) is 41.1 Å². The summed E-state index contributed by atoms with van der Waals surface area (Å²) in [7, 11) is 0. The van der Waals surface area contributed by atoms with E-state index >= 15 is 0 Å². The molecule has 2 atom stereocenters. The molecule has 0 aromatic carbocycles. The zero-order valence-electron chi connectivity index (χ0n) is 13.3. The maximum atomic E-state index is 12.8. The quantitative estimate of drug-likeness (QED) is 0.811. The Morgan fingerprint density at radius 3 is 2.65 bits per heavy atom. The second kappa shape index (κ2) is 7.44. The first kappa shape index (κ1) is 15.8. The third-order valence-corrected chi connectivity index (χ3v) is 5.47. The van der Waals surface area contributed by atoms with E-state index in [-0.39, 0.29) is 5.41 Å². The van der Waals surface area contributed by atoms with Crippen LogP contribution < -0.4 is 10.6 Å². The Kier molecular flexibility index (Phi) is 5.88. The molecule has 0 bridgehead atoms. The smallest absolute Gasteiger partial charge is 0.226 e. The summed E-state index contributed by atoms with van der Waals surface area (Å²) in [6, 6.07) is 0.435. The third-order valence-electron chi connectivity index (χ3n) is 5.47. The van der Waals surface area contributed by atoms with Gasteiger partial charge in [-0.15, -0.1) is 0 Å². The van der Waals surface area contributed by atoms with Crippen LogP contribution in [0.15, 0.2) is 0 Å². The highest BCUT2D eigenvalue weighted by Gasteiger charge is 2.39. The largest absolute Gasteiger partial charge is 0.353 e. The van der Waals surface area contributed by atoms with Gasteiger partial charge in [0.25, 0.3) is 0 Å². The Labute approximate surface area is 124 Å². The Balaban J connectivity index is 1.94. The lowest BCUT2D eigenvalue weighted by atomic mass is 9.74. The van der Waals surface area contributed by atoms with Gasteiger partial charge in [0, 0.05) is 6.04 Å². The summed E-state index contributed by atoms with van der Waals surface area (Å²) in [5.74, 6) is 1.17. The highest BCUT2D eigenvalue weighted by molar-refractivity contribution is 5.83. The minimum absolute atomic E-state index is 0.0842. The van der Waals surface area contributed by atoms with Gasteiger partial charge < -0.3 is 10.6 Å². The average molecular weight is 280 g/mol. The molecule has 2 aliphatic rings. The minimum atomic E-state index is -0.0842. The van der Waals surface area contributed by atoms with E-state index in [4.69, 9.17) is 0 Å². The lowest BCUT2D eigenvalue weighted by Crippen LogP contribution is -2.51. The Morgan fingerprint density at radius 1 is 1.25 bits per heavy atom. The van der Waals surface area contributed by atoms with Gasteiger partial charge in [-0.25, -0.2) is 0 Å². The van der Waals surface area contributed by atoms with Crippen LogP contribution in [-0.4, -0.2) is 25.0 Å². The van der Waals surface area contributed by atoms with Crippen molar-refractivity contribution in [1.29, 1.82) is 0 Å². The van der Waals surface area contributed by atoms with E-state index in [9.17, 15) is 4.79 Å². The number of rotatable bonds is 5. The minimum Gasteiger partial charge on any atom is -0.353 e. The van der Waals surface area contributed by atoms with Gasteiger partial charge in [0.1, 0.15) is 0 Å². The number of hydrogen-bond acceptors (Lipinski definition) is 2. The van der Waals surface area contributed by atoms with Crippen LogP contribution in [0.4, 0.5) is 0 Å². The van der Waals surface area contributed by atoms with Crippen LogP contribution in [-0.2, 0) is 4.79 Å². The van der Waals surface area contributed by atoms with Crippen molar-refractivity contribution in [3.63, 3.8) is 0 Å². The molecule has 3 heteroatoms. The molecule has 2 unspecified atom stereocenters. The summed E-state index contributed by atoms with van der Waals surface area (Å²) in [4.78, 5) is 12.8. The van der Waals surface area contributed by atoms with E-state index in [0.29, 0.717) is 11.9 Å². The predicted molar refractivity (Wildman–Crippen MR) is 83.6 cm³/mol. The SMILES string of the molecule is CCCC1(C(=O)NC2CCCC(CC)C2)CCNCC1. The lowest BCUT2D eigenvalue weighted by molar-refractivity contribution is -0.134. The monoisotopic (exact) mass is 280 g/mol. The fraction of sp³-hybridized carbons (Fsp3) is 0.941. The molecule has 0 spiro atoms. The first-order valence-electron chi connectivity index (χ1n) is 8.72. The summed E-state index contributed by atoms with van der Waals surface area (Å²) in [6.07, 6.45) is 10.5. The summed E-state index contributed by atoms with van der Waals surface area (Å²) in [5.41, 5.74) is -0.0842. The van der Waals surface area contributed by atoms with Gasteiger partial charge in [0.05, 0.1) is 5.41 Å². The molecule has 2 N–H and O–H groups in total. The Morgan fingerprint density at radius 2 is 2.00 bits per heavy atom. The zero-order chi connectivity index (χ0) is 14.4. The predicted octanol–water partition coefficient (Wildman–Crippen LogP) is 3.24. The van der Waals surface area contributed by atoms with Gasteiger partial charge in [0.2, 0.25) is 5.91 Å². The molecule has 1 saturated carbocycles. The molecule has 1 saturated heterocycles. The van der Waals surface area contributed by atoms with Crippen LogP contribution in [0.2, 0.25) is 0 Å². The summed E-state index contributed by atoms with van der Waals surface area (Å²) < 4.78 is 0. The molecular weight excluding hydrogens is 248 g/mol. The van der Waals surface area contributed by atoms with E-state index in [1.807, 2.05) is 0 Å². The molecule has 2 fully saturated rings. The number of piperidine rings is 1.